The van der Waals surface area contributed by atoms with Crippen LogP contribution in [0.5, 0.6) is 0 Å². The van der Waals surface area contributed by atoms with Crippen molar-refractivity contribution in [2.45, 2.75) is 6.42 Å². The van der Waals surface area contributed by atoms with E-state index in [9.17, 15) is 4.79 Å². The maximum absolute atomic E-state index is 10.5. The molecule has 1 aliphatic rings. The van der Waals surface area contributed by atoms with Crippen LogP contribution in [-0.4, -0.2) is 11.1 Å². The Kier molecular flexibility index (Phi) is 2.66. The molecule has 2 heteroatoms. The van der Waals surface area contributed by atoms with E-state index in [1.807, 2.05) is 24.3 Å². The van der Waals surface area contributed by atoms with Gasteiger partial charge in [0.25, 0.3) is 0 Å². The van der Waals surface area contributed by atoms with Gasteiger partial charge in [0.05, 0.1) is 5.92 Å². The first-order chi connectivity index (χ1) is 5.30. The summed E-state index contributed by atoms with van der Waals surface area (Å²) < 4.78 is 0. The van der Waals surface area contributed by atoms with Gasteiger partial charge < -0.3 is 5.11 Å². The normalized spacial score (nSPS) is 25.6. The molecule has 1 aliphatic carbocycles. The quantitative estimate of drug-likeness (QED) is 0.618. The molecule has 0 saturated heterocycles. The first-order valence-corrected chi connectivity index (χ1v) is 3.53. The van der Waals surface area contributed by atoms with Gasteiger partial charge in [-0.05, 0) is 6.42 Å². The number of allylic oxidation sites excluding steroid dienone is 5. The van der Waals surface area contributed by atoms with Gasteiger partial charge in [-0.1, -0.05) is 36.5 Å². The van der Waals surface area contributed by atoms with Crippen molar-refractivity contribution in [3.63, 3.8) is 0 Å². The zero-order valence-electron chi connectivity index (χ0n) is 6.10. The Bertz CT molecular complexity index is 224. The lowest BCUT2D eigenvalue weighted by atomic mass is 10.0. The Balaban J connectivity index is 2.68. The molecule has 0 fully saturated rings. The summed E-state index contributed by atoms with van der Waals surface area (Å²) in [6, 6.07) is 0. The highest BCUT2D eigenvalue weighted by atomic mass is 16.4. The van der Waals surface area contributed by atoms with E-state index < -0.39 is 5.97 Å². The van der Waals surface area contributed by atoms with Crippen LogP contribution in [0.1, 0.15) is 6.42 Å². The van der Waals surface area contributed by atoms with Crippen LogP contribution in [-0.2, 0) is 4.79 Å². The molecule has 0 radical (unpaired) electrons. The molecule has 0 aliphatic heterocycles. The van der Waals surface area contributed by atoms with Crippen LogP contribution in [0.3, 0.4) is 0 Å². The predicted molar refractivity (Wildman–Crippen MR) is 43.2 cm³/mol. The SMILES string of the molecule is O=C(O)[C@H]1C=C/C=C/C=CC1. The molecule has 0 unspecified atom stereocenters. The fourth-order valence-corrected chi connectivity index (χ4v) is 0.892. The standard InChI is InChI=1S/C9H10O2/c10-9(11)8-6-4-2-1-3-5-7-8/h1-6,8H,7H2,(H,10,11)/b2-1+,5-3?,6-4?/t8-/m0/s1. The van der Waals surface area contributed by atoms with Crippen molar-refractivity contribution in [1.82, 2.24) is 0 Å². The van der Waals surface area contributed by atoms with Crippen molar-refractivity contribution in [1.29, 1.82) is 0 Å². The van der Waals surface area contributed by atoms with Gasteiger partial charge in [-0.25, -0.2) is 0 Å². The lowest BCUT2D eigenvalue weighted by molar-refractivity contribution is -0.139. The minimum atomic E-state index is -0.763. The number of hydrogen-bond acceptors (Lipinski definition) is 1. The van der Waals surface area contributed by atoms with Crippen LogP contribution in [0, 0.1) is 5.92 Å². The molecule has 0 aromatic carbocycles. The molecular formula is C9H10O2. The Morgan fingerprint density at radius 2 is 2.00 bits per heavy atom. The van der Waals surface area contributed by atoms with E-state index in [0.29, 0.717) is 6.42 Å². The van der Waals surface area contributed by atoms with Crippen LogP contribution >= 0.6 is 0 Å². The van der Waals surface area contributed by atoms with Gasteiger partial charge in [0.15, 0.2) is 0 Å². The fourth-order valence-electron chi connectivity index (χ4n) is 0.892. The zero-order valence-corrected chi connectivity index (χ0v) is 6.10. The van der Waals surface area contributed by atoms with E-state index in [1.165, 1.54) is 0 Å². The molecule has 0 heterocycles. The number of hydrogen-bond donors (Lipinski definition) is 1. The third-order valence-corrected chi connectivity index (χ3v) is 1.52. The molecule has 2 nitrogen and oxygen atoms in total. The monoisotopic (exact) mass is 150 g/mol. The summed E-state index contributed by atoms with van der Waals surface area (Å²) in [6.07, 6.45) is 11.5. The van der Waals surface area contributed by atoms with Gasteiger partial charge in [0.2, 0.25) is 0 Å². The van der Waals surface area contributed by atoms with Gasteiger partial charge in [-0.15, -0.1) is 0 Å². The summed E-state index contributed by atoms with van der Waals surface area (Å²) in [6.45, 7) is 0. The minimum absolute atomic E-state index is 0.365. The lowest BCUT2D eigenvalue weighted by Gasteiger charge is -2.03. The minimum Gasteiger partial charge on any atom is -0.481 e. The Morgan fingerprint density at radius 3 is 2.73 bits per heavy atom. The second kappa shape index (κ2) is 3.76. The zero-order chi connectivity index (χ0) is 8.10. The number of carboxylic acids is 1. The van der Waals surface area contributed by atoms with E-state index in [0.717, 1.165) is 0 Å². The maximum Gasteiger partial charge on any atom is 0.310 e. The van der Waals surface area contributed by atoms with Crippen molar-refractivity contribution < 1.29 is 9.90 Å². The van der Waals surface area contributed by atoms with Crippen molar-refractivity contribution in [3.05, 3.63) is 36.5 Å². The molecule has 11 heavy (non-hydrogen) atoms. The predicted octanol–water partition coefficient (Wildman–Crippen LogP) is 1.76. The summed E-state index contributed by atoms with van der Waals surface area (Å²) in [5.41, 5.74) is 0. The van der Waals surface area contributed by atoms with Crippen LogP contribution in [0.4, 0.5) is 0 Å². The molecular weight excluding hydrogens is 140 g/mol. The van der Waals surface area contributed by atoms with Crippen LogP contribution in [0.2, 0.25) is 0 Å². The van der Waals surface area contributed by atoms with Gasteiger partial charge >= 0.3 is 5.97 Å². The fraction of sp³-hybridized carbons (Fsp3) is 0.222. The highest BCUT2D eigenvalue weighted by Crippen LogP contribution is 2.08. The van der Waals surface area contributed by atoms with E-state index in [1.54, 1.807) is 12.2 Å². The number of carbonyl (C=O) groups is 1. The largest absolute Gasteiger partial charge is 0.481 e. The maximum atomic E-state index is 10.5. The van der Waals surface area contributed by atoms with Crippen LogP contribution < -0.4 is 0 Å². The third-order valence-electron chi connectivity index (χ3n) is 1.52. The van der Waals surface area contributed by atoms with Gasteiger partial charge in [0, 0.05) is 0 Å². The highest BCUT2D eigenvalue weighted by Gasteiger charge is 2.10. The van der Waals surface area contributed by atoms with E-state index >= 15 is 0 Å². The molecule has 58 valence electrons. The number of carboxylic acid groups (broad SMARTS) is 1. The highest BCUT2D eigenvalue weighted by molar-refractivity contribution is 5.72. The van der Waals surface area contributed by atoms with Crippen molar-refractivity contribution >= 4 is 5.97 Å². The molecule has 0 saturated carbocycles. The Labute approximate surface area is 65.5 Å². The molecule has 1 N–H and O–H groups in total. The van der Waals surface area contributed by atoms with Crippen molar-refractivity contribution in [2.24, 2.45) is 5.92 Å². The van der Waals surface area contributed by atoms with E-state index in [2.05, 4.69) is 0 Å². The van der Waals surface area contributed by atoms with E-state index in [-0.39, 0.29) is 5.92 Å². The van der Waals surface area contributed by atoms with Crippen LogP contribution in [0.15, 0.2) is 36.5 Å². The summed E-state index contributed by atoms with van der Waals surface area (Å²) in [5.74, 6) is -1.13. The third kappa shape index (κ3) is 2.42. The summed E-state index contributed by atoms with van der Waals surface area (Å²) in [7, 11) is 0. The molecule has 0 aromatic heterocycles. The molecule has 0 bridgehead atoms. The van der Waals surface area contributed by atoms with Crippen molar-refractivity contribution in [3.8, 4) is 0 Å². The van der Waals surface area contributed by atoms with Gasteiger partial charge in [-0.2, -0.15) is 0 Å². The first kappa shape index (κ1) is 7.79. The molecule has 0 aromatic rings. The molecule has 0 spiro atoms. The summed E-state index contributed by atoms with van der Waals surface area (Å²) in [4.78, 5) is 10.5. The first-order valence-electron chi connectivity index (χ1n) is 3.53. The average molecular weight is 150 g/mol. The molecule has 1 atom stereocenters. The smallest absolute Gasteiger partial charge is 0.310 e. The molecule has 0 amide bonds. The van der Waals surface area contributed by atoms with Gasteiger partial charge in [-0.3, -0.25) is 4.79 Å². The van der Waals surface area contributed by atoms with E-state index in [4.69, 9.17) is 5.11 Å². The summed E-state index contributed by atoms with van der Waals surface area (Å²) >= 11 is 0. The number of aliphatic carboxylic acids is 1. The average Bonchev–Trinajstić information content (AvgIpc) is 1.84. The number of rotatable bonds is 1. The summed E-state index contributed by atoms with van der Waals surface area (Å²) in [5, 5.41) is 8.65. The topological polar surface area (TPSA) is 37.3 Å². The lowest BCUT2D eigenvalue weighted by Crippen LogP contribution is -2.09. The Hall–Kier alpha value is -1.31. The second-order valence-electron chi connectivity index (χ2n) is 2.38. The molecule has 1 rings (SSSR count). The second-order valence-corrected chi connectivity index (χ2v) is 2.38. The van der Waals surface area contributed by atoms with Gasteiger partial charge in [0.1, 0.15) is 0 Å². The van der Waals surface area contributed by atoms with Crippen LogP contribution in [0.25, 0.3) is 0 Å². The Morgan fingerprint density at radius 1 is 1.27 bits per heavy atom. The van der Waals surface area contributed by atoms with Crippen molar-refractivity contribution in [2.75, 3.05) is 0 Å².